The largest absolute Gasteiger partial charge is 0.344 e. The molecule has 3 rings (SSSR count). The number of amides is 2. The fourth-order valence-corrected chi connectivity index (χ4v) is 3.51. The molecule has 0 saturated carbocycles. The Labute approximate surface area is 154 Å². The van der Waals surface area contributed by atoms with E-state index >= 15 is 0 Å². The van der Waals surface area contributed by atoms with Crippen molar-refractivity contribution in [1.29, 1.82) is 0 Å². The molecule has 0 bridgehead atoms. The molecule has 1 aromatic heterocycles. The predicted molar refractivity (Wildman–Crippen MR) is 98.6 cm³/mol. The maximum Gasteiger partial charge on any atom is 0.267 e. The van der Waals surface area contributed by atoms with Gasteiger partial charge in [0.1, 0.15) is 10.7 Å². The smallest absolute Gasteiger partial charge is 0.267 e. The first-order chi connectivity index (χ1) is 11.9. The maximum atomic E-state index is 12.2. The van der Waals surface area contributed by atoms with Crippen LogP contribution in [0.4, 0.5) is 0 Å². The van der Waals surface area contributed by atoms with Crippen LogP contribution in [0, 0.1) is 6.92 Å². The predicted octanol–water partition coefficient (Wildman–Crippen LogP) is 3.00. The normalized spacial score (nSPS) is 14.4. The highest BCUT2D eigenvalue weighted by Gasteiger charge is 2.22. The van der Waals surface area contributed by atoms with Crippen molar-refractivity contribution in [1.82, 2.24) is 15.3 Å². The third-order valence-electron chi connectivity index (χ3n) is 3.83. The molecule has 6 nitrogen and oxygen atoms in total. The number of rotatable bonds is 4. The monoisotopic (exact) mass is 376 g/mol. The zero-order valence-corrected chi connectivity index (χ0v) is 15.4. The Balaban J connectivity index is 1.67. The van der Waals surface area contributed by atoms with Crippen LogP contribution in [-0.4, -0.2) is 34.6 Å². The average Bonchev–Trinajstić information content (AvgIpc) is 2.96. The highest BCUT2D eigenvalue weighted by Crippen LogP contribution is 2.28. The number of carbonyl (C=O) groups excluding carboxylic acids is 2. The van der Waals surface area contributed by atoms with Crippen molar-refractivity contribution in [3.05, 3.63) is 39.2 Å². The van der Waals surface area contributed by atoms with Gasteiger partial charge in [-0.3, -0.25) is 9.59 Å². The number of hydrogen-bond donors (Lipinski definition) is 1. The van der Waals surface area contributed by atoms with E-state index in [4.69, 9.17) is 11.6 Å². The Morgan fingerprint density at radius 3 is 2.72 bits per heavy atom. The minimum Gasteiger partial charge on any atom is -0.344 e. The van der Waals surface area contributed by atoms with Gasteiger partial charge in [-0.05, 0) is 19.1 Å². The molecule has 1 N–H and O–H groups in total. The average molecular weight is 377 g/mol. The van der Waals surface area contributed by atoms with Gasteiger partial charge in [-0.2, -0.15) is 5.10 Å². The summed E-state index contributed by atoms with van der Waals surface area (Å²) in [7, 11) is 1.55. The Morgan fingerprint density at radius 2 is 2.04 bits per heavy atom. The summed E-state index contributed by atoms with van der Waals surface area (Å²) in [4.78, 5) is 29.3. The van der Waals surface area contributed by atoms with Gasteiger partial charge >= 0.3 is 0 Å². The van der Waals surface area contributed by atoms with Gasteiger partial charge in [0.25, 0.3) is 5.91 Å². The standard InChI is InChI=1S/C17H17ClN4O2S/c1-10-16(11-3-5-12(18)6-4-11)20-14(25-10)9-19-17(24)13-7-8-15(23)22(2)21-13/h3-6H,7-9H2,1-2H3,(H,19,24). The van der Waals surface area contributed by atoms with E-state index in [9.17, 15) is 9.59 Å². The molecule has 8 heteroatoms. The molecule has 2 aromatic rings. The van der Waals surface area contributed by atoms with E-state index in [1.54, 1.807) is 7.05 Å². The van der Waals surface area contributed by atoms with Gasteiger partial charge in [0.05, 0.1) is 12.2 Å². The first-order valence-corrected chi connectivity index (χ1v) is 8.98. The summed E-state index contributed by atoms with van der Waals surface area (Å²) in [5.41, 5.74) is 2.26. The lowest BCUT2D eigenvalue weighted by Gasteiger charge is -2.18. The van der Waals surface area contributed by atoms with E-state index in [-0.39, 0.29) is 11.8 Å². The number of carbonyl (C=O) groups is 2. The number of hydrazone groups is 1. The number of nitrogens with zero attached hydrogens (tertiary/aromatic N) is 3. The van der Waals surface area contributed by atoms with E-state index < -0.39 is 0 Å². The van der Waals surface area contributed by atoms with Crippen LogP contribution in [0.3, 0.4) is 0 Å². The van der Waals surface area contributed by atoms with Crippen molar-refractivity contribution >= 4 is 40.5 Å². The van der Waals surface area contributed by atoms with Crippen LogP contribution in [0.1, 0.15) is 22.7 Å². The Kier molecular flexibility index (Phi) is 5.15. The maximum absolute atomic E-state index is 12.2. The van der Waals surface area contributed by atoms with E-state index in [1.165, 1.54) is 16.3 Å². The quantitative estimate of drug-likeness (QED) is 0.891. The van der Waals surface area contributed by atoms with Gasteiger partial charge < -0.3 is 5.32 Å². The number of halogens is 1. The van der Waals surface area contributed by atoms with Crippen LogP contribution in [0.5, 0.6) is 0 Å². The SMILES string of the molecule is Cc1sc(CNC(=O)C2=NN(C)C(=O)CC2)nc1-c1ccc(Cl)cc1. The Hall–Kier alpha value is -2.25. The summed E-state index contributed by atoms with van der Waals surface area (Å²) in [5.74, 6) is -0.347. The number of aryl methyl sites for hydroxylation is 1. The summed E-state index contributed by atoms with van der Waals surface area (Å²) < 4.78 is 0. The zero-order valence-electron chi connectivity index (χ0n) is 13.9. The van der Waals surface area contributed by atoms with Crippen molar-refractivity contribution in [3.63, 3.8) is 0 Å². The number of aromatic nitrogens is 1. The van der Waals surface area contributed by atoms with E-state index in [0.717, 1.165) is 21.1 Å². The minimum absolute atomic E-state index is 0.0836. The molecule has 0 unspecified atom stereocenters. The second-order valence-corrected chi connectivity index (χ2v) is 7.39. The molecule has 0 aliphatic carbocycles. The van der Waals surface area contributed by atoms with E-state index in [2.05, 4.69) is 15.4 Å². The van der Waals surface area contributed by atoms with Crippen LogP contribution >= 0.6 is 22.9 Å². The summed E-state index contributed by atoms with van der Waals surface area (Å²) in [6.07, 6.45) is 0.668. The van der Waals surface area contributed by atoms with Crippen molar-refractivity contribution in [2.24, 2.45) is 5.10 Å². The van der Waals surface area contributed by atoms with Gasteiger partial charge in [0, 0.05) is 35.4 Å². The molecule has 1 aromatic carbocycles. The molecule has 2 heterocycles. The van der Waals surface area contributed by atoms with Gasteiger partial charge in [0.15, 0.2) is 0 Å². The third kappa shape index (κ3) is 4.05. The first-order valence-electron chi connectivity index (χ1n) is 7.78. The van der Waals surface area contributed by atoms with Crippen LogP contribution in [0.25, 0.3) is 11.3 Å². The molecular weight excluding hydrogens is 360 g/mol. The van der Waals surface area contributed by atoms with E-state index in [0.29, 0.717) is 30.1 Å². The molecule has 1 aliphatic heterocycles. The first kappa shape index (κ1) is 17.6. The third-order valence-corrected chi connectivity index (χ3v) is 5.05. The van der Waals surface area contributed by atoms with E-state index in [1.807, 2.05) is 31.2 Å². The number of hydrogen-bond acceptors (Lipinski definition) is 5. The van der Waals surface area contributed by atoms with Gasteiger partial charge in [0.2, 0.25) is 5.91 Å². The molecule has 0 radical (unpaired) electrons. The molecular formula is C17H17ClN4O2S. The molecule has 130 valence electrons. The van der Waals surface area contributed by atoms with Crippen LogP contribution < -0.4 is 5.32 Å². The van der Waals surface area contributed by atoms with Crippen molar-refractivity contribution in [2.45, 2.75) is 26.3 Å². The fraction of sp³-hybridized carbons (Fsp3) is 0.294. The summed E-state index contributed by atoms with van der Waals surface area (Å²) in [6.45, 7) is 2.33. The highest BCUT2D eigenvalue weighted by atomic mass is 35.5. The lowest BCUT2D eigenvalue weighted by Crippen LogP contribution is -2.37. The van der Waals surface area contributed by atoms with Gasteiger partial charge in [-0.1, -0.05) is 23.7 Å². The summed E-state index contributed by atoms with van der Waals surface area (Å²) in [5, 5.41) is 9.55. The fourth-order valence-electron chi connectivity index (χ4n) is 2.49. The van der Waals surface area contributed by atoms with Crippen molar-refractivity contribution in [3.8, 4) is 11.3 Å². The molecule has 2 amide bonds. The lowest BCUT2D eigenvalue weighted by atomic mass is 10.1. The number of benzene rings is 1. The van der Waals surface area contributed by atoms with Gasteiger partial charge in [-0.15, -0.1) is 11.3 Å². The van der Waals surface area contributed by atoms with Crippen LogP contribution in [0.15, 0.2) is 29.4 Å². The number of nitrogens with one attached hydrogen (secondary N) is 1. The molecule has 0 atom stereocenters. The number of thiazole rings is 1. The second kappa shape index (κ2) is 7.33. The molecule has 0 saturated heterocycles. The molecule has 0 fully saturated rings. The Bertz CT molecular complexity index is 845. The summed E-state index contributed by atoms with van der Waals surface area (Å²) >= 11 is 7.46. The molecule has 0 spiro atoms. The lowest BCUT2D eigenvalue weighted by molar-refractivity contribution is -0.130. The van der Waals surface area contributed by atoms with Crippen LogP contribution in [-0.2, 0) is 16.1 Å². The summed E-state index contributed by atoms with van der Waals surface area (Å²) in [6, 6.07) is 7.51. The van der Waals surface area contributed by atoms with Gasteiger partial charge in [-0.25, -0.2) is 9.99 Å². The van der Waals surface area contributed by atoms with Crippen LogP contribution in [0.2, 0.25) is 5.02 Å². The van der Waals surface area contributed by atoms with Crippen molar-refractivity contribution in [2.75, 3.05) is 7.05 Å². The zero-order chi connectivity index (χ0) is 18.0. The molecule has 1 aliphatic rings. The topological polar surface area (TPSA) is 74.7 Å². The minimum atomic E-state index is -0.264. The van der Waals surface area contributed by atoms with Crippen molar-refractivity contribution < 1.29 is 9.59 Å². The Morgan fingerprint density at radius 1 is 1.32 bits per heavy atom. The highest BCUT2D eigenvalue weighted by molar-refractivity contribution is 7.12. The second-order valence-electron chi connectivity index (χ2n) is 5.67. The molecule has 25 heavy (non-hydrogen) atoms.